The van der Waals surface area contributed by atoms with Crippen molar-refractivity contribution >= 4 is 20.9 Å². The van der Waals surface area contributed by atoms with Gasteiger partial charge in [-0.1, -0.05) is 0 Å². The minimum Gasteiger partial charge on any atom is -0.313 e. The quantitative estimate of drug-likeness (QED) is 0.616. The Hall–Kier alpha value is -2.26. The first-order chi connectivity index (χ1) is 13.0. The zero-order chi connectivity index (χ0) is 18.9. The smallest absolute Gasteiger partial charge is 0.158 e. The summed E-state index contributed by atoms with van der Waals surface area (Å²) in [6, 6.07) is 3.92. The van der Waals surface area contributed by atoms with Gasteiger partial charge in [-0.05, 0) is 44.0 Å². The van der Waals surface area contributed by atoms with E-state index >= 15 is 0 Å². The van der Waals surface area contributed by atoms with Crippen LogP contribution in [0.2, 0.25) is 0 Å². The van der Waals surface area contributed by atoms with Crippen LogP contribution in [-0.2, 0) is 22.9 Å². The number of rotatable bonds is 7. The zero-order valence-corrected chi connectivity index (χ0v) is 16.2. The fraction of sp³-hybridized carbons (Fsp3) is 0.500. The van der Waals surface area contributed by atoms with Crippen molar-refractivity contribution in [3.05, 3.63) is 42.0 Å². The fourth-order valence-corrected chi connectivity index (χ4v) is 5.26. The molecule has 144 valence electrons. The average Bonchev–Trinajstić information content (AvgIpc) is 3.35. The Bertz CT molecular complexity index is 1030. The average molecular weight is 388 g/mol. The highest BCUT2D eigenvalue weighted by atomic mass is 32.2. The van der Waals surface area contributed by atoms with Gasteiger partial charge in [0.05, 0.1) is 23.2 Å². The predicted molar refractivity (Wildman–Crippen MR) is 103 cm³/mol. The fourth-order valence-electron chi connectivity index (χ4n) is 3.56. The molecule has 0 aliphatic carbocycles. The lowest BCUT2D eigenvalue weighted by Gasteiger charge is -2.09. The van der Waals surface area contributed by atoms with Crippen molar-refractivity contribution in [2.75, 3.05) is 18.1 Å². The van der Waals surface area contributed by atoms with E-state index < -0.39 is 9.84 Å². The Labute approximate surface area is 158 Å². The van der Waals surface area contributed by atoms with Crippen molar-refractivity contribution in [3.63, 3.8) is 0 Å². The molecule has 1 atom stereocenters. The van der Waals surface area contributed by atoms with Crippen molar-refractivity contribution in [2.24, 2.45) is 0 Å². The van der Waals surface area contributed by atoms with Crippen molar-refractivity contribution in [2.45, 2.75) is 38.9 Å². The molecule has 1 N–H and O–H groups in total. The first-order valence-corrected chi connectivity index (χ1v) is 11.1. The maximum atomic E-state index is 11.8. The van der Waals surface area contributed by atoms with Gasteiger partial charge in [0.2, 0.25) is 0 Å². The molecular formula is C18H24N6O2S. The summed E-state index contributed by atoms with van der Waals surface area (Å²) < 4.78 is 27.3. The van der Waals surface area contributed by atoms with Gasteiger partial charge in [0.25, 0.3) is 0 Å². The Kier molecular flexibility index (Phi) is 4.96. The Balaban J connectivity index is 1.40. The number of nitrogens with zero attached hydrogens (tertiary/aromatic N) is 5. The lowest BCUT2D eigenvalue weighted by Crippen LogP contribution is -2.17. The first-order valence-electron chi connectivity index (χ1n) is 9.24. The molecule has 4 rings (SSSR count). The van der Waals surface area contributed by atoms with Gasteiger partial charge < -0.3 is 5.32 Å². The molecule has 0 amide bonds. The lowest BCUT2D eigenvalue weighted by molar-refractivity contribution is 0.509. The summed E-state index contributed by atoms with van der Waals surface area (Å²) >= 11 is 0. The van der Waals surface area contributed by atoms with Crippen molar-refractivity contribution < 1.29 is 8.42 Å². The van der Waals surface area contributed by atoms with Gasteiger partial charge in [-0.15, -0.1) is 0 Å². The summed E-state index contributed by atoms with van der Waals surface area (Å²) in [5.74, 6) is 0.392. The Morgan fingerprint density at radius 1 is 1.37 bits per heavy atom. The lowest BCUT2D eigenvalue weighted by atomic mass is 10.2. The van der Waals surface area contributed by atoms with Crippen LogP contribution in [0.5, 0.6) is 0 Å². The number of nitrogens with one attached hydrogen (secondary N) is 1. The van der Waals surface area contributed by atoms with Crippen LogP contribution in [0.15, 0.2) is 30.7 Å². The SMILES string of the molecule is Cc1nn([C@@H]2CCS(=O)(=O)C2)c2ncc(CNCCCn3cccn3)cc12. The number of aryl methyl sites for hydroxylation is 2. The number of pyridine rings is 1. The predicted octanol–water partition coefficient (Wildman–Crippen LogP) is 1.48. The molecular weight excluding hydrogens is 364 g/mol. The third-order valence-electron chi connectivity index (χ3n) is 4.97. The maximum Gasteiger partial charge on any atom is 0.158 e. The molecule has 3 aromatic rings. The molecule has 0 radical (unpaired) electrons. The molecule has 0 aromatic carbocycles. The van der Waals surface area contributed by atoms with Gasteiger partial charge in [0, 0.05) is 37.1 Å². The van der Waals surface area contributed by atoms with Gasteiger partial charge >= 0.3 is 0 Å². The monoisotopic (exact) mass is 388 g/mol. The molecule has 1 aliphatic heterocycles. The third kappa shape index (κ3) is 4.03. The number of hydrogen-bond donors (Lipinski definition) is 1. The van der Waals surface area contributed by atoms with E-state index in [-0.39, 0.29) is 17.5 Å². The van der Waals surface area contributed by atoms with Crippen molar-refractivity contribution in [1.82, 2.24) is 29.9 Å². The van der Waals surface area contributed by atoms with Crippen LogP contribution in [0.4, 0.5) is 0 Å². The first kappa shape index (κ1) is 18.1. The van der Waals surface area contributed by atoms with Crippen molar-refractivity contribution in [3.8, 4) is 0 Å². The van der Waals surface area contributed by atoms with E-state index in [0.717, 1.165) is 48.3 Å². The largest absolute Gasteiger partial charge is 0.313 e. The molecule has 1 aliphatic rings. The van der Waals surface area contributed by atoms with E-state index in [9.17, 15) is 8.42 Å². The second-order valence-corrected chi connectivity index (χ2v) is 9.33. The zero-order valence-electron chi connectivity index (χ0n) is 15.4. The van der Waals surface area contributed by atoms with Gasteiger partial charge in [-0.25, -0.2) is 18.1 Å². The third-order valence-corrected chi connectivity index (χ3v) is 6.72. The second kappa shape index (κ2) is 7.40. The molecule has 27 heavy (non-hydrogen) atoms. The topological polar surface area (TPSA) is 94.7 Å². The molecule has 0 saturated carbocycles. The minimum absolute atomic E-state index is 0.107. The van der Waals surface area contributed by atoms with Crippen molar-refractivity contribution in [1.29, 1.82) is 0 Å². The standard InChI is InChI=1S/C18H24N6O2S/c1-14-17-10-15(11-19-5-2-7-23-8-3-6-21-23)12-20-18(17)24(22-14)16-4-9-27(25,26)13-16/h3,6,8,10,12,16,19H,2,4-5,7,9,11,13H2,1H3/t16-/m1/s1. The highest BCUT2D eigenvalue weighted by Gasteiger charge is 2.31. The summed E-state index contributed by atoms with van der Waals surface area (Å²) in [7, 11) is -2.95. The number of aromatic nitrogens is 5. The van der Waals surface area contributed by atoms with E-state index in [2.05, 4.69) is 26.6 Å². The summed E-state index contributed by atoms with van der Waals surface area (Å²) in [4.78, 5) is 4.59. The maximum absolute atomic E-state index is 11.8. The number of hydrogen-bond acceptors (Lipinski definition) is 6. The van der Waals surface area contributed by atoms with Crippen LogP contribution < -0.4 is 5.32 Å². The molecule has 4 heterocycles. The molecule has 0 spiro atoms. The van der Waals surface area contributed by atoms with E-state index in [1.807, 2.05) is 30.1 Å². The van der Waals surface area contributed by atoms with Crippen LogP contribution in [0.25, 0.3) is 11.0 Å². The Morgan fingerprint density at radius 3 is 3.00 bits per heavy atom. The van der Waals surface area contributed by atoms with Crippen LogP contribution >= 0.6 is 0 Å². The Morgan fingerprint density at radius 2 is 2.26 bits per heavy atom. The number of sulfone groups is 1. The summed E-state index contributed by atoms with van der Waals surface area (Å²) in [6.07, 6.45) is 7.22. The molecule has 1 fully saturated rings. The van der Waals surface area contributed by atoms with E-state index in [0.29, 0.717) is 6.42 Å². The second-order valence-electron chi connectivity index (χ2n) is 7.10. The summed E-state index contributed by atoms with van der Waals surface area (Å²) in [6.45, 7) is 4.49. The van der Waals surface area contributed by atoms with Crippen LogP contribution in [-0.4, -0.2) is 51.0 Å². The van der Waals surface area contributed by atoms with Crippen LogP contribution in [0.3, 0.4) is 0 Å². The highest BCUT2D eigenvalue weighted by molar-refractivity contribution is 7.91. The van der Waals surface area contributed by atoms with E-state index in [4.69, 9.17) is 0 Å². The molecule has 9 heteroatoms. The molecule has 0 unspecified atom stereocenters. The van der Waals surface area contributed by atoms with Gasteiger partial charge in [-0.2, -0.15) is 10.2 Å². The van der Waals surface area contributed by atoms with Crippen LogP contribution in [0.1, 0.15) is 30.1 Å². The molecule has 0 bridgehead atoms. The van der Waals surface area contributed by atoms with Gasteiger partial charge in [0.1, 0.15) is 0 Å². The normalized spacial score (nSPS) is 19.1. The molecule has 3 aromatic heterocycles. The molecule has 1 saturated heterocycles. The number of fused-ring (bicyclic) bond motifs is 1. The summed E-state index contributed by atoms with van der Waals surface area (Å²) in [5, 5.41) is 13.2. The minimum atomic E-state index is -2.95. The van der Waals surface area contributed by atoms with Crippen LogP contribution in [0, 0.1) is 6.92 Å². The highest BCUT2D eigenvalue weighted by Crippen LogP contribution is 2.28. The summed E-state index contributed by atoms with van der Waals surface area (Å²) in [5.41, 5.74) is 2.77. The van der Waals surface area contributed by atoms with Gasteiger partial charge in [0.15, 0.2) is 15.5 Å². The molecule has 8 nitrogen and oxygen atoms in total. The van der Waals surface area contributed by atoms with Gasteiger partial charge in [-0.3, -0.25) is 4.68 Å². The van der Waals surface area contributed by atoms with E-state index in [1.165, 1.54) is 0 Å². The van der Waals surface area contributed by atoms with E-state index in [1.54, 1.807) is 10.9 Å².